The Bertz CT molecular complexity index is 649. The zero-order valence-electron chi connectivity index (χ0n) is 14.5. The highest BCUT2D eigenvalue weighted by atomic mass is 19.4. The fourth-order valence-electron chi connectivity index (χ4n) is 3.15. The third kappa shape index (κ3) is 5.12. The first-order valence-electron chi connectivity index (χ1n) is 8.37. The van der Waals surface area contributed by atoms with Gasteiger partial charge in [0, 0.05) is 18.0 Å². The van der Waals surface area contributed by atoms with Gasteiger partial charge in [0.2, 0.25) is 0 Å². The summed E-state index contributed by atoms with van der Waals surface area (Å²) in [4.78, 5) is 0. The second kappa shape index (κ2) is 8.10. The number of alkyl halides is 3. The second-order valence-corrected chi connectivity index (χ2v) is 6.45. The lowest BCUT2D eigenvalue weighted by atomic mass is 9.91. The maximum Gasteiger partial charge on any atom is 0.393 e. The normalized spacial score (nSPS) is 20.4. The van der Waals surface area contributed by atoms with Gasteiger partial charge in [0.05, 0.1) is 17.8 Å². The summed E-state index contributed by atoms with van der Waals surface area (Å²) in [6.07, 6.45) is -2.69. The van der Waals surface area contributed by atoms with Crippen molar-refractivity contribution in [1.82, 2.24) is 15.5 Å². The molecule has 1 aromatic rings. The molecule has 7 heteroatoms. The zero-order valence-corrected chi connectivity index (χ0v) is 14.5. The van der Waals surface area contributed by atoms with Gasteiger partial charge >= 0.3 is 6.18 Å². The Morgan fingerprint density at radius 1 is 1.48 bits per heavy atom. The highest BCUT2D eigenvalue weighted by molar-refractivity contribution is 5.77. The van der Waals surface area contributed by atoms with Gasteiger partial charge in [0.15, 0.2) is 0 Å². The first kappa shape index (κ1) is 19.6. The summed E-state index contributed by atoms with van der Waals surface area (Å²) >= 11 is 0. The molecule has 0 aliphatic carbocycles. The topological polar surface area (TPSA) is 58.0 Å². The number of aryl methyl sites for hydroxylation is 1. The summed E-state index contributed by atoms with van der Waals surface area (Å²) in [5.74, 6) is 0.0645. The minimum absolute atomic E-state index is 0.0443. The van der Waals surface area contributed by atoms with E-state index in [0.717, 1.165) is 19.4 Å². The highest BCUT2D eigenvalue weighted by Crippen LogP contribution is 2.33. The van der Waals surface area contributed by atoms with Crippen LogP contribution in [0.3, 0.4) is 0 Å². The number of hydrogen-bond donors (Lipinski definition) is 2. The standard InChI is InChI=1S/C18H24F3N3O/c1-4-14(12(3)9-18(19,20)21)16-11(2)8-15(23-24-16)17(25)13-6-5-7-22-10-13/h4,8,13,17,22,25H,3,5-7,9-10H2,1-2H3/b14-4+. The van der Waals surface area contributed by atoms with Crippen LogP contribution >= 0.6 is 0 Å². The van der Waals surface area contributed by atoms with Gasteiger partial charge in [-0.05, 0) is 50.4 Å². The highest BCUT2D eigenvalue weighted by Gasteiger charge is 2.30. The summed E-state index contributed by atoms with van der Waals surface area (Å²) in [6.45, 7) is 8.60. The van der Waals surface area contributed by atoms with E-state index in [0.29, 0.717) is 29.1 Å². The summed E-state index contributed by atoms with van der Waals surface area (Å²) in [5, 5.41) is 21.9. The second-order valence-electron chi connectivity index (χ2n) is 6.45. The number of aliphatic hydroxyl groups is 1. The van der Waals surface area contributed by atoms with Crippen molar-refractivity contribution >= 4 is 5.57 Å². The average molecular weight is 355 g/mol. The van der Waals surface area contributed by atoms with Gasteiger partial charge in [-0.3, -0.25) is 0 Å². The molecule has 0 bridgehead atoms. The predicted molar refractivity (Wildman–Crippen MR) is 90.8 cm³/mol. The fraction of sp³-hybridized carbons (Fsp3) is 0.556. The largest absolute Gasteiger partial charge is 0.393 e. The van der Waals surface area contributed by atoms with Crippen LogP contribution in [0.4, 0.5) is 13.2 Å². The molecule has 0 radical (unpaired) electrons. The van der Waals surface area contributed by atoms with Crippen LogP contribution < -0.4 is 5.32 Å². The Morgan fingerprint density at radius 2 is 2.20 bits per heavy atom. The number of allylic oxidation sites excluding steroid dienone is 3. The Labute approximate surface area is 145 Å². The van der Waals surface area contributed by atoms with E-state index in [4.69, 9.17) is 0 Å². The molecule has 25 heavy (non-hydrogen) atoms. The number of nitrogens with zero attached hydrogens (tertiary/aromatic N) is 2. The lowest BCUT2D eigenvalue weighted by Gasteiger charge is -2.27. The fourth-order valence-corrected chi connectivity index (χ4v) is 3.15. The van der Waals surface area contributed by atoms with Gasteiger partial charge in [0.1, 0.15) is 6.10 Å². The molecule has 1 fully saturated rings. The van der Waals surface area contributed by atoms with E-state index >= 15 is 0 Å². The number of aromatic nitrogens is 2. The predicted octanol–water partition coefficient (Wildman–Crippen LogP) is 3.73. The average Bonchev–Trinajstić information content (AvgIpc) is 2.55. The number of hydrogen-bond acceptors (Lipinski definition) is 4. The van der Waals surface area contributed by atoms with E-state index in [1.165, 1.54) is 0 Å². The van der Waals surface area contributed by atoms with Crippen LogP contribution in [0.1, 0.15) is 49.2 Å². The van der Waals surface area contributed by atoms with Crippen LogP contribution in [-0.2, 0) is 0 Å². The van der Waals surface area contributed by atoms with Crippen LogP contribution in [0.25, 0.3) is 5.57 Å². The quantitative estimate of drug-likeness (QED) is 0.790. The molecule has 138 valence electrons. The molecule has 0 aromatic carbocycles. The molecule has 1 aliphatic heterocycles. The smallest absolute Gasteiger partial charge is 0.386 e. The van der Waals surface area contributed by atoms with E-state index in [1.54, 1.807) is 26.0 Å². The Balaban J connectivity index is 2.21. The molecule has 2 atom stereocenters. The van der Waals surface area contributed by atoms with Crippen LogP contribution in [0.15, 0.2) is 24.3 Å². The van der Waals surface area contributed by atoms with E-state index in [1.807, 2.05) is 0 Å². The van der Waals surface area contributed by atoms with Crippen molar-refractivity contribution in [3.05, 3.63) is 41.2 Å². The van der Waals surface area contributed by atoms with Crippen molar-refractivity contribution in [3.8, 4) is 0 Å². The monoisotopic (exact) mass is 355 g/mol. The van der Waals surface area contributed by atoms with Crippen molar-refractivity contribution in [2.45, 2.75) is 45.4 Å². The van der Waals surface area contributed by atoms with Gasteiger partial charge in [-0.2, -0.15) is 18.3 Å². The summed E-state index contributed by atoms with van der Waals surface area (Å²) in [7, 11) is 0. The third-order valence-electron chi connectivity index (χ3n) is 4.43. The molecular weight excluding hydrogens is 331 g/mol. The van der Waals surface area contributed by atoms with Crippen molar-refractivity contribution in [1.29, 1.82) is 0 Å². The van der Waals surface area contributed by atoms with Crippen molar-refractivity contribution in [3.63, 3.8) is 0 Å². The van der Waals surface area contributed by atoms with E-state index in [9.17, 15) is 18.3 Å². The lowest BCUT2D eigenvalue weighted by Crippen LogP contribution is -2.33. The van der Waals surface area contributed by atoms with E-state index in [-0.39, 0.29) is 11.5 Å². The van der Waals surface area contributed by atoms with Crippen LogP contribution in [-0.4, -0.2) is 34.6 Å². The number of piperidine rings is 1. The minimum Gasteiger partial charge on any atom is -0.386 e. The maximum atomic E-state index is 12.6. The maximum absolute atomic E-state index is 12.6. The molecule has 2 unspecified atom stereocenters. The Morgan fingerprint density at radius 3 is 2.72 bits per heavy atom. The summed E-state index contributed by atoms with van der Waals surface area (Å²) in [5.41, 5.74) is 1.78. The minimum atomic E-state index is -4.32. The molecule has 0 amide bonds. The van der Waals surface area contributed by atoms with Crippen LogP contribution in [0.2, 0.25) is 0 Å². The molecule has 2 rings (SSSR count). The van der Waals surface area contributed by atoms with Crippen LogP contribution in [0.5, 0.6) is 0 Å². The SMILES string of the molecule is C=C(CC(F)(F)F)/C(=C\C)c1nnc(C(O)C2CCCNC2)cc1C. The van der Waals surface area contributed by atoms with Gasteiger partial charge < -0.3 is 10.4 Å². The molecular formula is C18H24F3N3O. The number of rotatable bonds is 5. The van der Waals surface area contributed by atoms with E-state index < -0.39 is 18.7 Å². The zero-order chi connectivity index (χ0) is 18.6. The number of aliphatic hydroxyl groups excluding tert-OH is 1. The van der Waals surface area contributed by atoms with Crippen molar-refractivity contribution in [2.24, 2.45) is 5.92 Å². The Kier molecular flexibility index (Phi) is 6.35. The van der Waals surface area contributed by atoms with E-state index in [2.05, 4.69) is 22.1 Å². The molecule has 0 spiro atoms. The molecule has 1 saturated heterocycles. The molecule has 1 aliphatic rings. The molecule has 0 saturated carbocycles. The first-order chi connectivity index (χ1) is 11.7. The molecule has 4 nitrogen and oxygen atoms in total. The van der Waals surface area contributed by atoms with Gasteiger partial charge in [-0.15, -0.1) is 5.10 Å². The number of halogens is 3. The third-order valence-corrected chi connectivity index (χ3v) is 4.43. The molecule has 2 heterocycles. The van der Waals surface area contributed by atoms with Crippen molar-refractivity contribution in [2.75, 3.05) is 13.1 Å². The number of nitrogens with one attached hydrogen (secondary N) is 1. The molecule has 2 N–H and O–H groups in total. The Hall–Kier alpha value is -1.73. The van der Waals surface area contributed by atoms with Gasteiger partial charge in [-0.1, -0.05) is 12.7 Å². The van der Waals surface area contributed by atoms with Gasteiger partial charge in [0.25, 0.3) is 0 Å². The summed E-state index contributed by atoms with van der Waals surface area (Å²) < 4.78 is 37.9. The summed E-state index contributed by atoms with van der Waals surface area (Å²) in [6, 6.07) is 1.70. The first-order valence-corrected chi connectivity index (χ1v) is 8.37. The van der Waals surface area contributed by atoms with Crippen molar-refractivity contribution < 1.29 is 18.3 Å². The molecule has 1 aromatic heterocycles. The van der Waals surface area contributed by atoms with Gasteiger partial charge in [-0.25, -0.2) is 0 Å². The van der Waals surface area contributed by atoms with Crippen LogP contribution in [0, 0.1) is 12.8 Å². The lowest BCUT2D eigenvalue weighted by molar-refractivity contribution is -0.126.